The zero-order valence-corrected chi connectivity index (χ0v) is 15.5. The van der Waals surface area contributed by atoms with Crippen molar-refractivity contribution in [2.75, 3.05) is 0 Å². The van der Waals surface area contributed by atoms with Crippen molar-refractivity contribution in [2.45, 2.75) is 0 Å². The SMILES string of the molecule is O=Cc1ccc(Oc2ccccc2)c(Oc2ccccc2)c1Oc1ccccc1. The Balaban J connectivity index is 1.81. The van der Waals surface area contributed by atoms with Gasteiger partial charge in [-0.15, -0.1) is 0 Å². The highest BCUT2D eigenvalue weighted by Crippen LogP contribution is 2.45. The fourth-order valence-electron chi connectivity index (χ4n) is 2.76. The first-order chi connectivity index (χ1) is 14.3. The first kappa shape index (κ1) is 18.3. The second-order valence-electron chi connectivity index (χ2n) is 6.17. The van der Waals surface area contributed by atoms with Crippen LogP contribution in [0.25, 0.3) is 0 Å². The van der Waals surface area contributed by atoms with Crippen molar-refractivity contribution in [3.05, 3.63) is 109 Å². The first-order valence-electron chi connectivity index (χ1n) is 9.14. The summed E-state index contributed by atoms with van der Waals surface area (Å²) in [5.74, 6) is 2.90. The molecular formula is C25H18O4. The Kier molecular flexibility index (Phi) is 5.53. The first-order valence-corrected chi connectivity index (χ1v) is 9.14. The molecule has 4 aromatic carbocycles. The maximum atomic E-state index is 11.7. The molecule has 0 amide bonds. The molecule has 4 rings (SSSR count). The Morgan fingerprint density at radius 1 is 0.483 bits per heavy atom. The molecule has 0 atom stereocenters. The number of hydrogen-bond acceptors (Lipinski definition) is 4. The molecule has 0 spiro atoms. The second-order valence-corrected chi connectivity index (χ2v) is 6.17. The van der Waals surface area contributed by atoms with Gasteiger partial charge in [0.2, 0.25) is 5.75 Å². The van der Waals surface area contributed by atoms with Crippen molar-refractivity contribution in [1.29, 1.82) is 0 Å². The molecule has 0 aliphatic rings. The van der Waals surface area contributed by atoms with Crippen LogP contribution in [0.4, 0.5) is 0 Å². The number of aldehydes is 1. The molecular weight excluding hydrogens is 364 g/mol. The quantitative estimate of drug-likeness (QED) is 0.327. The molecule has 0 aliphatic carbocycles. The third kappa shape index (κ3) is 4.45. The summed E-state index contributed by atoms with van der Waals surface area (Å²) >= 11 is 0. The van der Waals surface area contributed by atoms with Crippen molar-refractivity contribution in [1.82, 2.24) is 0 Å². The summed E-state index contributed by atoms with van der Waals surface area (Å²) in [7, 11) is 0. The fourth-order valence-corrected chi connectivity index (χ4v) is 2.76. The summed E-state index contributed by atoms with van der Waals surface area (Å²) in [5, 5.41) is 0. The van der Waals surface area contributed by atoms with Gasteiger partial charge in [-0.25, -0.2) is 0 Å². The highest BCUT2D eigenvalue weighted by atomic mass is 16.5. The van der Waals surface area contributed by atoms with E-state index < -0.39 is 0 Å². The maximum Gasteiger partial charge on any atom is 0.213 e. The molecule has 0 N–H and O–H groups in total. The van der Waals surface area contributed by atoms with E-state index in [1.165, 1.54) is 0 Å². The van der Waals surface area contributed by atoms with Crippen LogP contribution < -0.4 is 14.2 Å². The van der Waals surface area contributed by atoms with Crippen LogP contribution in [0.2, 0.25) is 0 Å². The van der Waals surface area contributed by atoms with Gasteiger partial charge in [-0.2, -0.15) is 0 Å². The maximum absolute atomic E-state index is 11.7. The molecule has 4 aromatic rings. The third-order valence-corrected chi connectivity index (χ3v) is 4.13. The van der Waals surface area contributed by atoms with Gasteiger partial charge in [-0.3, -0.25) is 4.79 Å². The predicted octanol–water partition coefficient (Wildman–Crippen LogP) is 6.88. The molecule has 0 fully saturated rings. The molecule has 0 heterocycles. The zero-order valence-electron chi connectivity index (χ0n) is 15.5. The van der Waals surface area contributed by atoms with E-state index in [-0.39, 0.29) is 0 Å². The Labute approximate surface area is 168 Å². The third-order valence-electron chi connectivity index (χ3n) is 4.13. The average Bonchev–Trinajstić information content (AvgIpc) is 2.78. The van der Waals surface area contributed by atoms with Gasteiger partial charge in [0.1, 0.15) is 17.2 Å². The van der Waals surface area contributed by atoms with Crippen LogP contribution in [-0.2, 0) is 0 Å². The summed E-state index contributed by atoms with van der Waals surface area (Å²) < 4.78 is 18.2. The lowest BCUT2D eigenvalue weighted by atomic mass is 10.2. The molecule has 4 heteroatoms. The number of rotatable bonds is 7. The van der Waals surface area contributed by atoms with Crippen molar-refractivity contribution in [3.8, 4) is 34.5 Å². The Bertz CT molecular complexity index is 1080. The lowest BCUT2D eigenvalue weighted by Crippen LogP contribution is -1.98. The van der Waals surface area contributed by atoms with Gasteiger partial charge < -0.3 is 14.2 Å². The molecule has 0 saturated heterocycles. The van der Waals surface area contributed by atoms with E-state index in [2.05, 4.69) is 0 Å². The number of carbonyl (C=O) groups excluding carboxylic acids is 1. The van der Waals surface area contributed by atoms with Crippen molar-refractivity contribution < 1.29 is 19.0 Å². The number of benzene rings is 4. The minimum absolute atomic E-state index is 0.295. The van der Waals surface area contributed by atoms with Gasteiger partial charge in [0.05, 0.1) is 5.56 Å². The van der Waals surface area contributed by atoms with E-state index in [1.807, 2.05) is 91.0 Å². The lowest BCUT2D eigenvalue weighted by molar-refractivity contribution is 0.112. The minimum Gasteiger partial charge on any atom is -0.453 e. The van der Waals surface area contributed by atoms with E-state index >= 15 is 0 Å². The number of carbonyl (C=O) groups is 1. The second kappa shape index (κ2) is 8.76. The normalized spacial score (nSPS) is 10.2. The standard InChI is InChI=1S/C25H18O4/c26-18-19-16-17-23(27-20-10-4-1-5-11-20)25(29-22-14-8-3-9-15-22)24(19)28-21-12-6-2-7-13-21/h1-18H. The molecule has 29 heavy (non-hydrogen) atoms. The van der Waals surface area contributed by atoms with Gasteiger partial charge in [-0.1, -0.05) is 54.6 Å². The Hall–Kier alpha value is -4.05. The van der Waals surface area contributed by atoms with Crippen LogP contribution in [0.3, 0.4) is 0 Å². The molecule has 142 valence electrons. The molecule has 0 saturated carbocycles. The zero-order chi connectivity index (χ0) is 19.9. The Morgan fingerprint density at radius 3 is 1.41 bits per heavy atom. The molecule has 0 bridgehead atoms. The summed E-state index contributed by atoms with van der Waals surface area (Å²) in [6, 6.07) is 31.2. The molecule has 0 aromatic heterocycles. The largest absolute Gasteiger partial charge is 0.453 e. The van der Waals surface area contributed by atoms with E-state index in [1.54, 1.807) is 12.1 Å². The Morgan fingerprint density at radius 2 is 0.931 bits per heavy atom. The van der Waals surface area contributed by atoms with Gasteiger partial charge in [0.15, 0.2) is 17.8 Å². The predicted molar refractivity (Wildman–Crippen MR) is 111 cm³/mol. The lowest BCUT2D eigenvalue weighted by Gasteiger charge is -2.18. The average molecular weight is 382 g/mol. The van der Waals surface area contributed by atoms with E-state index in [0.717, 1.165) is 6.29 Å². The van der Waals surface area contributed by atoms with Gasteiger partial charge in [0.25, 0.3) is 0 Å². The number of hydrogen-bond donors (Lipinski definition) is 0. The molecule has 4 nitrogen and oxygen atoms in total. The molecule has 0 unspecified atom stereocenters. The smallest absolute Gasteiger partial charge is 0.213 e. The van der Waals surface area contributed by atoms with Crippen molar-refractivity contribution >= 4 is 6.29 Å². The van der Waals surface area contributed by atoms with Crippen LogP contribution >= 0.6 is 0 Å². The van der Waals surface area contributed by atoms with Gasteiger partial charge in [0, 0.05) is 0 Å². The summed E-state index contributed by atoms with van der Waals surface area (Å²) in [6.07, 6.45) is 0.739. The summed E-state index contributed by atoms with van der Waals surface area (Å²) in [4.78, 5) is 11.7. The molecule has 0 radical (unpaired) electrons. The van der Waals surface area contributed by atoms with E-state index in [4.69, 9.17) is 14.2 Å². The van der Waals surface area contributed by atoms with Crippen LogP contribution in [0, 0.1) is 0 Å². The minimum atomic E-state index is 0.295. The number of ether oxygens (including phenoxy) is 3. The summed E-state index contributed by atoms with van der Waals surface area (Å²) in [6.45, 7) is 0. The van der Waals surface area contributed by atoms with Gasteiger partial charge in [-0.05, 0) is 48.5 Å². The molecule has 0 aliphatic heterocycles. The van der Waals surface area contributed by atoms with Crippen LogP contribution in [0.15, 0.2) is 103 Å². The van der Waals surface area contributed by atoms with Crippen molar-refractivity contribution in [2.24, 2.45) is 0 Å². The highest BCUT2D eigenvalue weighted by Gasteiger charge is 2.20. The van der Waals surface area contributed by atoms with E-state index in [0.29, 0.717) is 40.1 Å². The van der Waals surface area contributed by atoms with Crippen LogP contribution in [-0.4, -0.2) is 6.29 Å². The fraction of sp³-hybridized carbons (Fsp3) is 0. The van der Waals surface area contributed by atoms with Crippen molar-refractivity contribution in [3.63, 3.8) is 0 Å². The van der Waals surface area contributed by atoms with Gasteiger partial charge >= 0.3 is 0 Å². The van der Waals surface area contributed by atoms with E-state index in [9.17, 15) is 4.79 Å². The van der Waals surface area contributed by atoms with Crippen LogP contribution in [0.1, 0.15) is 10.4 Å². The highest BCUT2D eigenvalue weighted by molar-refractivity contribution is 5.83. The monoisotopic (exact) mass is 382 g/mol. The number of para-hydroxylation sites is 3. The van der Waals surface area contributed by atoms with Crippen LogP contribution in [0.5, 0.6) is 34.5 Å². The topological polar surface area (TPSA) is 44.8 Å². The summed E-state index contributed by atoms with van der Waals surface area (Å²) in [5.41, 5.74) is 0.361.